The van der Waals surface area contributed by atoms with E-state index in [1.54, 1.807) is 0 Å². The Bertz CT molecular complexity index is 210. The third-order valence-corrected chi connectivity index (χ3v) is 4.34. The first kappa shape index (κ1) is 15.7. The van der Waals surface area contributed by atoms with Gasteiger partial charge in [0.25, 0.3) is 0 Å². The van der Waals surface area contributed by atoms with Gasteiger partial charge in [0.2, 0.25) is 0 Å². The van der Waals surface area contributed by atoms with Crippen LogP contribution in [-0.4, -0.2) is 5.78 Å². The fourth-order valence-corrected chi connectivity index (χ4v) is 3.06. The molecule has 0 radical (unpaired) electrons. The molecule has 0 aromatic carbocycles. The predicted molar refractivity (Wildman–Crippen MR) is 78.8 cm³/mol. The van der Waals surface area contributed by atoms with E-state index < -0.39 is 0 Å². The van der Waals surface area contributed by atoms with E-state index in [1.165, 1.54) is 77.0 Å². The topological polar surface area (TPSA) is 17.1 Å². The Morgan fingerprint density at radius 3 is 2.28 bits per heavy atom. The fourth-order valence-electron chi connectivity index (χ4n) is 3.06. The maximum absolute atomic E-state index is 11.9. The molecule has 1 atom stereocenters. The van der Waals surface area contributed by atoms with Crippen LogP contribution in [0.1, 0.15) is 96.8 Å². The van der Waals surface area contributed by atoms with Gasteiger partial charge in [0.15, 0.2) is 0 Å². The summed E-state index contributed by atoms with van der Waals surface area (Å²) in [7, 11) is 0. The summed E-state index contributed by atoms with van der Waals surface area (Å²) in [5, 5.41) is 0. The second kappa shape index (κ2) is 10.6. The first-order valence-electron chi connectivity index (χ1n) is 8.37. The van der Waals surface area contributed by atoms with Crippen LogP contribution in [0.3, 0.4) is 0 Å². The van der Waals surface area contributed by atoms with Gasteiger partial charge in [0, 0.05) is 12.3 Å². The highest BCUT2D eigenvalue weighted by Gasteiger charge is 2.19. The minimum atomic E-state index is 0.424. The van der Waals surface area contributed by atoms with E-state index in [0.717, 1.165) is 12.8 Å². The van der Waals surface area contributed by atoms with Gasteiger partial charge in [0.05, 0.1) is 0 Å². The number of carbonyl (C=O) groups is 1. The van der Waals surface area contributed by atoms with Gasteiger partial charge in [-0.25, -0.2) is 0 Å². The standard InChI is InChI=1S/C17H32O/c1-2-3-4-5-6-7-8-10-13-16-14-11-9-12-15-17(16)18/h16H,2-15H2,1H3. The summed E-state index contributed by atoms with van der Waals surface area (Å²) in [6.07, 6.45) is 17.9. The lowest BCUT2D eigenvalue weighted by atomic mass is 9.92. The maximum Gasteiger partial charge on any atom is 0.135 e. The number of carbonyl (C=O) groups excluding carboxylic acids is 1. The molecule has 1 nitrogen and oxygen atoms in total. The number of hydrogen-bond donors (Lipinski definition) is 0. The van der Waals surface area contributed by atoms with E-state index in [9.17, 15) is 4.79 Å². The zero-order chi connectivity index (χ0) is 13.1. The summed E-state index contributed by atoms with van der Waals surface area (Å²) < 4.78 is 0. The van der Waals surface area contributed by atoms with Gasteiger partial charge in [-0.2, -0.15) is 0 Å². The van der Waals surface area contributed by atoms with Crippen LogP contribution < -0.4 is 0 Å². The molecule has 18 heavy (non-hydrogen) atoms. The molecule has 0 bridgehead atoms. The molecule has 0 N–H and O–H groups in total. The van der Waals surface area contributed by atoms with Crippen molar-refractivity contribution in [3.05, 3.63) is 0 Å². The van der Waals surface area contributed by atoms with Crippen molar-refractivity contribution in [3.63, 3.8) is 0 Å². The van der Waals surface area contributed by atoms with E-state index in [4.69, 9.17) is 0 Å². The zero-order valence-corrected chi connectivity index (χ0v) is 12.4. The molecule has 0 spiro atoms. The van der Waals surface area contributed by atoms with Crippen LogP contribution >= 0.6 is 0 Å². The average Bonchev–Trinajstić information content (AvgIpc) is 2.58. The normalized spacial score (nSPS) is 20.9. The Morgan fingerprint density at radius 1 is 0.889 bits per heavy atom. The monoisotopic (exact) mass is 252 g/mol. The van der Waals surface area contributed by atoms with Crippen LogP contribution in [0, 0.1) is 5.92 Å². The molecule has 1 rings (SSSR count). The van der Waals surface area contributed by atoms with Gasteiger partial charge in [-0.15, -0.1) is 0 Å². The van der Waals surface area contributed by atoms with E-state index in [1.807, 2.05) is 0 Å². The smallest absolute Gasteiger partial charge is 0.135 e. The highest BCUT2D eigenvalue weighted by Crippen LogP contribution is 2.24. The lowest BCUT2D eigenvalue weighted by Crippen LogP contribution is -2.12. The number of rotatable bonds is 9. The van der Waals surface area contributed by atoms with Crippen molar-refractivity contribution in [2.45, 2.75) is 96.8 Å². The molecular formula is C17H32O. The summed E-state index contributed by atoms with van der Waals surface area (Å²) >= 11 is 0. The van der Waals surface area contributed by atoms with E-state index >= 15 is 0 Å². The molecule has 1 fully saturated rings. The number of ketones is 1. The Hall–Kier alpha value is -0.330. The first-order valence-corrected chi connectivity index (χ1v) is 8.37. The highest BCUT2D eigenvalue weighted by molar-refractivity contribution is 5.81. The lowest BCUT2D eigenvalue weighted by Gasteiger charge is -2.12. The summed E-state index contributed by atoms with van der Waals surface area (Å²) in [6.45, 7) is 2.27. The van der Waals surface area contributed by atoms with E-state index in [0.29, 0.717) is 11.7 Å². The molecule has 0 aromatic heterocycles. The van der Waals surface area contributed by atoms with Crippen molar-refractivity contribution >= 4 is 5.78 Å². The largest absolute Gasteiger partial charge is 0.299 e. The second-order valence-corrected chi connectivity index (χ2v) is 6.03. The zero-order valence-electron chi connectivity index (χ0n) is 12.4. The SMILES string of the molecule is CCCCCCCCCCC1CCCCCC1=O. The van der Waals surface area contributed by atoms with Crippen molar-refractivity contribution in [1.29, 1.82) is 0 Å². The van der Waals surface area contributed by atoms with Crippen LogP contribution in [0.2, 0.25) is 0 Å². The number of hydrogen-bond acceptors (Lipinski definition) is 1. The van der Waals surface area contributed by atoms with Gasteiger partial charge in [0.1, 0.15) is 5.78 Å². The van der Waals surface area contributed by atoms with Crippen LogP contribution in [0.15, 0.2) is 0 Å². The number of unbranched alkanes of at least 4 members (excludes halogenated alkanes) is 7. The molecule has 1 heteroatoms. The van der Waals surface area contributed by atoms with Gasteiger partial charge in [-0.1, -0.05) is 71.1 Å². The minimum absolute atomic E-state index is 0.424. The first-order chi connectivity index (χ1) is 8.84. The van der Waals surface area contributed by atoms with Crippen LogP contribution in [0.5, 0.6) is 0 Å². The van der Waals surface area contributed by atoms with Crippen molar-refractivity contribution in [2.75, 3.05) is 0 Å². The Kier molecular flexibility index (Phi) is 9.24. The second-order valence-electron chi connectivity index (χ2n) is 6.03. The molecule has 0 amide bonds. The lowest BCUT2D eigenvalue weighted by molar-refractivity contribution is -0.122. The molecule has 0 aliphatic heterocycles. The minimum Gasteiger partial charge on any atom is -0.299 e. The average molecular weight is 252 g/mol. The third-order valence-electron chi connectivity index (χ3n) is 4.34. The molecule has 0 saturated heterocycles. The molecule has 0 heterocycles. The Balaban J connectivity index is 1.94. The van der Waals surface area contributed by atoms with E-state index in [-0.39, 0.29) is 0 Å². The van der Waals surface area contributed by atoms with Crippen molar-refractivity contribution in [2.24, 2.45) is 5.92 Å². The van der Waals surface area contributed by atoms with Crippen LogP contribution in [-0.2, 0) is 4.79 Å². The van der Waals surface area contributed by atoms with Crippen LogP contribution in [0.4, 0.5) is 0 Å². The highest BCUT2D eigenvalue weighted by atomic mass is 16.1. The Morgan fingerprint density at radius 2 is 1.56 bits per heavy atom. The molecule has 106 valence electrons. The van der Waals surface area contributed by atoms with Gasteiger partial charge in [-0.05, 0) is 19.3 Å². The quantitative estimate of drug-likeness (QED) is 0.382. The number of Topliss-reactive ketones (excluding diaryl/α,β-unsaturated/α-hetero) is 1. The summed E-state index contributed by atoms with van der Waals surface area (Å²) in [6, 6.07) is 0. The molecule has 1 unspecified atom stereocenters. The van der Waals surface area contributed by atoms with Crippen molar-refractivity contribution in [3.8, 4) is 0 Å². The summed E-state index contributed by atoms with van der Waals surface area (Å²) in [4.78, 5) is 11.9. The van der Waals surface area contributed by atoms with Gasteiger partial charge >= 0.3 is 0 Å². The fraction of sp³-hybridized carbons (Fsp3) is 0.941. The molecule has 1 aliphatic carbocycles. The Labute approximate surface area is 114 Å². The van der Waals surface area contributed by atoms with Crippen LogP contribution in [0.25, 0.3) is 0 Å². The van der Waals surface area contributed by atoms with Gasteiger partial charge in [-0.3, -0.25) is 4.79 Å². The van der Waals surface area contributed by atoms with Crippen molar-refractivity contribution < 1.29 is 4.79 Å². The molecule has 0 aromatic rings. The summed E-state index contributed by atoms with van der Waals surface area (Å²) in [5.74, 6) is 0.989. The third kappa shape index (κ3) is 7.18. The molecular weight excluding hydrogens is 220 g/mol. The maximum atomic E-state index is 11.9. The predicted octanol–water partition coefficient (Wildman–Crippen LogP) is 5.67. The van der Waals surface area contributed by atoms with E-state index in [2.05, 4.69) is 6.92 Å². The molecule has 1 aliphatic rings. The van der Waals surface area contributed by atoms with Gasteiger partial charge < -0.3 is 0 Å². The summed E-state index contributed by atoms with van der Waals surface area (Å²) in [5.41, 5.74) is 0. The van der Waals surface area contributed by atoms with Crippen molar-refractivity contribution in [1.82, 2.24) is 0 Å². The molecule has 1 saturated carbocycles.